The Labute approximate surface area is 65.3 Å². The molecule has 0 fully saturated rings. The monoisotopic (exact) mass is 147 g/mol. The SMILES string of the molecule is O=C1CNC=C2C=CCC=C12. The van der Waals surface area contributed by atoms with Crippen LogP contribution in [0, 0.1) is 0 Å². The van der Waals surface area contributed by atoms with Crippen molar-refractivity contribution in [2.24, 2.45) is 0 Å². The molecule has 0 unspecified atom stereocenters. The molecule has 0 atom stereocenters. The highest BCUT2D eigenvalue weighted by Crippen LogP contribution is 2.19. The Kier molecular flexibility index (Phi) is 1.39. The standard InChI is InChI=1S/C9H9NO/c11-9-6-10-5-7-3-1-2-4-8(7)9/h1,3-5,10H,2,6H2. The molecule has 1 aliphatic carbocycles. The van der Waals surface area contributed by atoms with Gasteiger partial charge in [0.25, 0.3) is 0 Å². The summed E-state index contributed by atoms with van der Waals surface area (Å²) in [5.41, 5.74) is 1.90. The van der Waals surface area contributed by atoms with E-state index in [4.69, 9.17) is 0 Å². The largest absolute Gasteiger partial charge is 0.383 e. The Morgan fingerprint density at radius 2 is 2.36 bits per heavy atom. The van der Waals surface area contributed by atoms with Crippen LogP contribution in [0.15, 0.2) is 35.6 Å². The van der Waals surface area contributed by atoms with Gasteiger partial charge in [-0.15, -0.1) is 0 Å². The van der Waals surface area contributed by atoms with Gasteiger partial charge in [-0.05, 0) is 6.42 Å². The van der Waals surface area contributed by atoms with E-state index >= 15 is 0 Å². The number of allylic oxidation sites excluding steroid dienone is 4. The van der Waals surface area contributed by atoms with Crippen LogP contribution in [-0.4, -0.2) is 12.3 Å². The fraction of sp³-hybridized carbons (Fsp3) is 0.222. The zero-order valence-corrected chi connectivity index (χ0v) is 6.13. The highest BCUT2D eigenvalue weighted by atomic mass is 16.1. The first-order valence-electron chi connectivity index (χ1n) is 3.72. The molecule has 0 saturated carbocycles. The topological polar surface area (TPSA) is 29.1 Å². The Morgan fingerprint density at radius 1 is 1.45 bits per heavy atom. The van der Waals surface area contributed by atoms with Crippen molar-refractivity contribution < 1.29 is 4.79 Å². The van der Waals surface area contributed by atoms with Crippen LogP contribution in [-0.2, 0) is 4.79 Å². The zero-order chi connectivity index (χ0) is 7.68. The molecule has 0 aromatic heterocycles. The quantitative estimate of drug-likeness (QED) is 0.552. The van der Waals surface area contributed by atoms with Crippen LogP contribution in [0.25, 0.3) is 0 Å². The first-order valence-corrected chi connectivity index (χ1v) is 3.72. The minimum Gasteiger partial charge on any atom is -0.383 e. The van der Waals surface area contributed by atoms with Gasteiger partial charge in [0.2, 0.25) is 0 Å². The minimum atomic E-state index is 0.201. The fourth-order valence-electron chi connectivity index (χ4n) is 1.34. The third-order valence-corrected chi connectivity index (χ3v) is 1.89. The molecule has 2 rings (SSSR count). The van der Waals surface area contributed by atoms with E-state index in [0.29, 0.717) is 6.54 Å². The van der Waals surface area contributed by atoms with Crippen molar-refractivity contribution in [1.82, 2.24) is 5.32 Å². The molecule has 0 aromatic rings. The van der Waals surface area contributed by atoms with Crippen molar-refractivity contribution in [2.75, 3.05) is 6.54 Å². The Morgan fingerprint density at radius 3 is 3.18 bits per heavy atom. The maximum atomic E-state index is 11.2. The normalized spacial score (nSPS) is 21.6. The number of Topliss-reactive ketones (excluding diaryl/α,β-unsaturated/α-hetero) is 1. The predicted molar refractivity (Wildman–Crippen MR) is 42.9 cm³/mol. The molecule has 2 aliphatic rings. The van der Waals surface area contributed by atoms with Crippen LogP contribution in [0.1, 0.15) is 6.42 Å². The summed E-state index contributed by atoms with van der Waals surface area (Å²) < 4.78 is 0. The average molecular weight is 147 g/mol. The Hall–Kier alpha value is -1.31. The highest BCUT2D eigenvalue weighted by Gasteiger charge is 2.16. The average Bonchev–Trinajstić information content (AvgIpc) is 2.06. The number of hydrogen-bond donors (Lipinski definition) is 1. The lowest BCUT2D eigenvalue weighted by Crippen LogP contribution is -2.26. The highest BCUT2D eigenvalue weighted by molar-refractivity contribution is 6.03. The summed E-state index contributed by atoms with van der Waals surface area (Å²) in [6.07, 6.45) is 8.80. The fourth-order valence-corrected chi connectivity index (χ4v) is 1.34. The molecule has 0 saturated heterocycles. The molecule has 1 aliphatic heterocycles. The Bertz CT molecular complexity index is 284. The van der Waals surface area contributed by atoms with Crippen LogP contribution in [0.3, 0.4) is 0 Å². The summed E-state index contributed by atoms with van der Waals surface area (Å²) in [4.78, 5) is 11.2. The van der Waals surface area contributed by atoms with Crippen LogP contribution in [0.2, 0.25) is 0 Å². The Balaban J connectivity index is 2.41. The summed E-state index contributed by atoms with van der Waals surface area (Å²) in [5.74, 6) is 0.201. The maximum absolute atomic E-state index is 11.2. The second-order valence-electron chi connectivity index (χ2n) is 2.66. The van der Waals surface area contributed by atoms with Gasteiger partial charge >= 0.3 is 0 Å². The van der Waals surface area contributed by atoms with Crippen molar-refractivity contribution in [2.45, 2.75) is 6.42 Å². The van der Waals surface area contributed by atoms with E-state index in [1.807, 2.05) is 18.4 Å². The minimum absolute atomic E-state index is 0.201. The molecular formula is C9H9NO. The summed E-state index contributed by atoms with van der Waals surface area (Å²) in [5, 5.41) is 2.93. The van der Waals surface area contributed by atoms with E-state index in [-0.39, 0.29) is 5.78 Å². The van der Waals surface area contributed by atoms with E-state index in [1.54, 1.807) is 0 Å². The number of hydrogen-bond acceptors (Lipinski definition) is 2. The lowest BCUT2D eigenvalue weighted by molar-refractivity contribution is -0.114. The van der Waals surface area contributed by atoms with Crippen LogP contribution in [0.4, 0.5) is 0 Å². The second kappa shape index (κ2) is 2.38. The van der Waals surface area contributed by atoms with E-state index < -0.39 is 0 Å². The van der Waals surface area contributed by atoms with E-state index in [9.17, 15) is 4.79 Å². The van der Waals surface area contributed by atoms with Gasteiger partial charge in [-0.2, -0.15) is 0 Å². The zero-order valence-electron chi connectivity index (χ0n) is 6.13. The van der Waals surface area contributed by atoms with Gasteiger partial charge in [-0.1, -0.05) is 18.2 Å². The first kappa shape index (κ1) is 6.40. The third kappa shape index (κ3) is 1.00. The molecule has 2 heteroatoms. The number of ketones is 1. The number of carbonyl (C=O) groups excluding carboxylic acids is 1. The summed E-state index contributed by atoms with van der Waals surface area (Å²) in [6.45, 7) is 0.448. The van der Waals surface area contributed by atoms with E-state index in [0.717, 1.165) is 17.6 Å². The van der Waals surface area contributed by atoms with Gasteiger partial charge < -0.3 is 5.32 Å². The smallest absolute Gasteiger partial charge is 0.182 e. The van der Waals surface area contributed by atoms with Gasteiger partial charge in [0.1, 0.15) is 0 Å². The van der Waals surface area contributed by atoms with Crippen molar-refractivity contribution in [3.63, 3.8) is 0 Å². The van der Waals surface area contributed by atoms with Gasteiger partial charge in [0.15, 0.2) is 5.78 Å². The van der Waals surface area contributed by atoms with Gasteiger partial charge in [0, 0.05) is 17.3 Å². The molecule has 56 valence electrons. The molecule has 1 heterocycles. The lowest BCUT2D eigenvalue weighted by Gasteiger charge is -2.16. The predicted octanol–water partition coefficient (Wildman–Crippen LogP) is 0.929. The van der Waals surface area contributed by atoms with Gasteiger partial charge in [-0.3, -0.25) is 4.79 Å². The van der Waals surface area contributed by atoms with Crippen molar-refractivity contribution >= 4 is 5.78 Å². The molecule has 2 nitrogen and oxygen atoms in total. The molecule has 0 amide bonds. The molecular weight excluding hydrogens is 138 g/mol. The van der Waals surface area contributed by atoms with Gasteiger partial charge in [-0.25, -0.2) is 0 Å². The van der Waals surface area contributed by atoms with Gasteiger partial charge in [0.05, 0.1) is 6.54 Å². The second-order valence-corrected chi connectivity index (χ2v) is 2.66. The molecule has 0 spiro atoms. The number of fused-ring (bicyclic) bond motifs is 1. The lowest BCUT2D eigenvalue weighted by atomic mass is 9.95. The van der Waals surface area contributed by atoms with Crippen molar-refractivity contribution in [3.05, 3.63) is 35.6 Å². The molecule has 0 aromatic carbocycles. The molecule has 1 N–H and O–H groups in total. The number of carbonyl (C=O) groups is 1. The number of rotatable bonds is 0. The van der Waals surface area contributed by atoms with Crippen LogP contribution in [0.5, 0.6) is 0 Å². The van der Waals surface area contributed by atoms with Crippen LogP contribution >= 0.6 is 0 Å². The summed E-state index contributed by atoms with van der Waals surface area (Å²) in [6, 6.07) is 0. The van der Waals surface area contributed by atoms with Crippen molar-refractivity contribution in [3.8, 4) is 0 Å². The third-order valence-electron chi connectivity index (χ3n) is 1.89. The molecule has 0 radical (unpaired) electrons. The van der Waals surface area contributed by atoms with E-state index in [2.05, 4.69) is 11.4 Å². The molecule has 11 heavy (non-hydrogen) atoms. The first-order chi connectivity index (χ1) is 5.38. The number of nitrogens with one attached hydrogen (secondary N) is 1. The maximum Gasteiger partial charge on any atom is 0.182 e. The summed E-state index contributed by atoms with van der Waals surface area (Å²) >= 11 is 0. The van der Waals surface area contributed by atoms with Crippen LogP contribution < -0.4 is 5.32 Å². The summed E-state index contributed by atoms with van der Waals surface area (Å²) in [7, 11) is 0. The molecule has 0 bridgehead atoms. The van der Waals surface area contributed by atoms with E-state index in [1.165, 1.54) is 0 Å². The van der Waals surface area contributed by atoms with Crippen molar-refractivity contribution in [1.29, 1.82) is 0 Å².